The molecule has 0 bridgehead atoms. The van der Waals surface area contributed by atoms with Crippen molar-refractivity contribution in [3.8, 4) is 40.9 Å². The zero-order valence-corrected chi connectivity index (χ0v) is 19.5. The Morgan fingerprint density at radius 1 is 0.703 bits per heavy atom. The number of hydrogen-bond acceptors (Lipinski definition) is 8. The Balaban J connectivity index is 0.000000215. The van der Waals surface area contributed by atoms with Gasteiger partial charge in [-0.15, -0.1) is 0 Å². The Hall–Kier alpha value is -5.29. The highest BCUT2D eigenvalue weighted by atomic mass is 19.1. The van der Waals surface area contributed by atoms with E-state index in [4.69, 9.17) is 25.1 Å². The second kappa shape index (κ2) is 14.2. The number of aromatic nitrogens is 2. The average molecular weight is 508 g/mol. The van der Waals surface area contributed by atoms with Gasteiger partial charge in [0.25, 0.3) is 0 Å². The Kier molecular flexibility index (Phi) is 10.7. The van der Waals surface area contributed by atoms with E-state index in [1.54, 1.807) is 6.07 Å². The Morgan fingerprint density at radius 2 is 1.19 bits per heavy atom. The van der Waals surface area contributed by atoms with Crippen LogP contribution in [0.15, 0.2) is 73.1 Å². The number of methoxy groups -OCH3 is 2. The summed E-state index contributed by atoms with van der Waals surface area (Å²) in [7, 11) is 2.80. The monoisotopic (exact) mass is 508 g/mol. The first-order valence-corrected chi connectivity index (χ1v) is 10.2. The fraction of sp³-hybridized carbons (Fsp3) is 0.0769. The normalized spacial score (nSPS) is 9.27. The molecule has 4 rings (SSSR count). The minimum atomic E-state index is -0.563. The van der Waals surface area contributed by atoms with Gasteiger partial charge in [0, 0.05) is 12.1 Å². The zero-order valence-electron chi connectivity index (χ0n) is 19.5. The largest absolute Gasteiger partial charge is 0.508 e. The SMILES string of the molecule is COc1cc(C#N)ncc1F.COc1cc(C#N)ncc1Oc1ccc(F)cc1.Oc1ccc(F)cc1. The topological polar surface area (TPSA) is 121 Å². The summed E-state index contributed by atoms with van der Waals surface area (Å²) >= 11 is 0. The van der Waals surface area contributed by atoms with E-state index in [9.17, 15) is 13.2 Å². The number of hydrogen-bond donors (Lipinski definition) is 1. The lowest BCUT2D eigenvalue weighted by atomic mass is 10.3. The van der Waals surface area contributed by atoms with E-state index in [0.29, 0.717) is 17.2 Å². The predicted octanol–water partition coefficient (Wildman–Crippen LogP) is 5.53. The zero-order chi connectivity index (χ0) is 27.2. The number of rotatable bonds is 4. The molecule has 2 aromatic heterocycles. The summed E-state index contributed by atoms with van der Waals surface area (Å²) in [5.74, 6) is 0.111. The second-order valence-corrected chi connectivity index (χ2v) is 6.68. The molecule has 2 aromatic carbocycles. The highest BCUT2D eigenvalue weighted by Gasteiger charge is 2.08. The summed E-state index contributed by atoms with van der Waals surface area (Å²) in [5.41, 5.74) is 0.376. The number of nitriles is 2. The van der Waals surface area contributed by atoms with Gasteiger partial charge in [0.05, 0.1) is 26.6 Å². The predicted molar refractivity (Wildman–Crippen MR) is 126 cm³/mol. The van der Waals surface area contributed by atoms with Crippen molar-refractivity contribution in [2.24, 2.45) is 0 Å². The van der Waals surface area contributed by atoms with E-state index >= 15 is 0 Å². The third kappa shape index (κ3) is 9.11. The maximum Gasteiger partial charge on any atom is 0.187 e. The molecule has 1 N–H and O–H groups in total. The molecule has 0 fully saturated rings. The molecule has 0 atom stereocenters. The highest BCUT2D eigenvalue weighted by molar-refractivity contribution is 5.44. The van der Waals surface area contributed by atoms with Gasteiger partial charge in [0.15, 0.2) is 23.1 Å². The van der Waals surface area contributed by atoms with Crippen LogP contribution in [0.2, 0.25) is 0 Å². The molecule has 37 heavy (non-hydrogen) atoms. The van der Waals surface area contributed by atoms with Crippen LogP contribution in [-0.4, -0.2) is 29.3 Å². The lowest BCUT2D eigenvalue weighted by molar-refractivity contribution is 0.377. The van der Waals surface area contributed by atoms with E-state index in [1.807, 2.05) is 6.07 Å². The summed E-state index contributed by atoms with van der Waals surface area (Å²) < 4.78 is 52.5. The maximum absolute atomic E-state index is 12.7. The molecule has 0 unspecified atom stereocenters. The van der Waals surface area contributed by atoms with E-state index in [-0.39, 0.29) is 34.5 Å². The van der Waals surface area contributed by atoms with Crippen LogP contribution in [0.1, 0.15) is 11.4 Å². The average Bonchev–Trinajstić information content (AvgIpc) is 2.93. The van der Waals surface area contributed by atoms with Crippen molar-refractivity contribution in [2.75, 3.05) is 14.2 Å². The molecular formula is C26H19F3N4O4. The van der Waals surface area contributed by atoms with E-state index in [1.165, 1.54) is 81.1 Å². The van der Waals surface area contributed by atoms with Crippen LogP contribution in [0.4, 0.5) is 13.2 Å². The van der Waals surface area contributed by atoms with Gasteiger partial charge in [-0.3, -0.25) is 0 Å². The van der Waals surface area contributed by atoms with Crippen molar-refractivity contribution in [3.05, 3.63) is 102 Å². The Morgan fingerprint density at radius 3 is 1.68 bits per heavy atom. The van der Waals surface area contributed by atoms with Gasteiger partial charge in [-0.25, -0.2) is 23.1 Å². The van der Waals surface area contributed by atoms with Crippen molar-refractivity contribution < 1.29 is 32.5 Å². The molecule has 0 spiro atoms. The molecule has 0 amide bonds. The van der Waals surface area contributed by atoms with Gasteiger partial charge in [0.2, 0.25) is 0 Å². The van der Waals surface area contributed by atoms with Crippen LogP contribution in [0, 0.1) is 40.1 Å². The van der Waals surface area contributed by atoms with Crippen LogP contribution in [0.3, 0.4) is 0 Å². The summed E-state index contributed by atoms with van der Waals surface area (Å²) in [6.07, 6.45) is 2.35. The van der Waals surface area contributed by atoms with Crippen molar-refractivity contribution >= 4 is 0 Å². The van der Waals surface area contributed by atoms with Crippen molar-refractivity contribution in [1.82, 2.24) is 9.97 Å². The number of ether oxygens (including phenoxy) is 3. The van der Waals surface area contributed by atoms with Gasteiger partial charge in [0.1, 0.15) is 46.7 Å². The first-order chi connectivity index (χ1) is 17.8. The number of pyridine rings is 2. The number of benzene rings is 2. The molecule has 0 radical (unpaired) electrons. The minimum absolute atomic E-state index is 0.0385. The summed E-state index contributed by atoms with van der Waals surface area (Å²) in [6, 6.07) is 17.0. The fourth-order valence-corrected chi connectivity index (χ4v) is 2.43. The number of phenols is 1. The minimum Gasteiger partial charge on any atom is -0.508 e. The van der Waals surface area contributed by atoms with E-state index < -0.39 is 5.82 Å². The van der Waals surface area contributed by atoms with Crippen molar-refractivity contribution in [3.63, 3.8) is 0 Å². The summed E-state index contributed by atoms with van der Waals surface area (Å²) in [5, 5.41) is 25.7. The van der Waals surface area contributed by atoms with Crippen LogP contribution in [0.5, 0.6) is 28.7 Å². The standard InChI is InChI=1S/C13H9FN2O2.C7H5FN2O.C6H5FO/c1-17-12-6-10(7-15)16-8-13(12)18-11-4-2-9(14)3-5-11;1-11-7-2-5(3-9)10-4-6(7)8;7-5-1-3-6(8)4-2-5/h2-6,8H,1H3;2,4H,1H3;1-4,8H. The lowest BCUT2D eigenvalue weighted by Gasteiger charge is -2.09. The molecule has 0 aliphatic carbocycles. The number of phenolic OH excluding ortho intramolecular Hbond substituents is 1. The molecule has 0 saturated heterocycles. The Labute approximate surface area is 210 Å². The van der Waals surface area contributed by atoms with Crippen LogP contribution in [-0.2, 0) is 0 Å². The van der Waals surface area contributed by atoms with E-state index in [0.717, 1.165) is 6.20 Å². The third-order valence-electron chi connectivity index (χ3n) is 4.19. The van der Waals surface area contributed by atoms with Crippen LogP contribution >= 0.6 is 0 Å². The number of halogens is 3. The molecule has 4 aromatic rings. The summed E-state index contributed by atoms with van der Waals surface area (Å²) in [6.45, 7) is 0. The van der Waals surface area contributed by atoms with Gasteiger partial charge in [-0.2, -0.15) is 10.5 Å². The molecule has 8 nitrogen and oxygen atoms in total. The summed E-state index contributed by atoms with van der Waals surface area (Å²) in [4.78, 5) is 7.37. The van der Waals surface area contributed by atoms with Gasteiger partial charge in [-0.1, -0.05) is 0 Å². The molecular weight excluding hydrogens is 489 g/mol. The molecule has 0 aliphatic heterocycles. The van der Waals surface area contributed by atoms with Crippen molar-refractivity contribution in [1.29, 1.82) is 10.5 Å². The third-order valence-corrected chi connectivity index (χ3v) is 4.19. The first kappa shape index (κ1) is 28.0. The van der Waals surface area contributed by atoms with Crippen LogP contribution in [0.25, 0.3) is 0 Å². The van der Waals surface area contributed by atoms with Crippen molar-refractivity contribution in [2.45, 2.75) is 0 Å². The maximum atomic E-state index is 12.7. The molecule has 0 aliphatic rings. The smallest absolute Gasteiger partial charge is 0.187 e. The number of nitrogens with zero attached hydrogens (tertiary/aromatic N) is 4. The molecule has 11 heteroatoms. The highest BCUT2D eigenvalue weighted by Crippen LogP contribution is 2.31. The van der Waals surface area contributed by atoms with Gasteiger partial charge >= 0.3 is 0 Å². The molecule has 188 valence electrons. The van der Waals surface area contributed by atoms with Gasteiger partial charge < -0.3 is 19.3 Å². The molecule has 0 saturated carbocycles. The quantitative estimate of drug-likeness (QED) is 0.382. The first-order valence-electron chi connectivity index (χ1n) is 10.2. The molecule has 2 heterocycles. The second-order valence-electron chi connectivity index (χ2n) is 6.68. The van der Waals surface area contributed by atoms with Gasteiger partial charge in [-0.05, 0) is 48.5 Å². The number of aromatic hydroxyl groups is 1. The van der Waals surface area contributed by atoms with Crippen LogP contribution < -0.4 is 14.2 Å². The Bertz CT molecular complexity index is 1370. The lowest BCUT2D eigenvalue weighted by Crippen LogP contribution is -1.93. The van der Waals surface area contributed by atoms with E-state index in [2.05, 4.69) is 14.7 Å². The fourth-order valence-electron chi connectivity index (χ4n) is 2.43.